The van der Waals surface area contributed by atoms with E-state index in [9.17, 15) is 0 Å². The molecule has 2 heterocycles. The van der Waals surface area contributed by atoms with E-state index in [2.05, 4.69) is 38.1 Å². The summed E-state index contributed by atoms with van der Waals surface area (Å²) in [5.74, 6) is 1.74. The maximum atomic E-state index is 5.42. The van der Waals surface area contributed by atoms with Gasteiger partial charge in [0, 0.05) is 19.1 Å². The first-order chi connectivity index (χ1) is 7.78. The summed E-state index contributed by atoms with van der Waals surface area (Å²) in [6.45, 7) is 3.70. The second-order valence-electron chi connectivity index (χ2n) is 3.90. The van der Waals surface area contributed by atoms with Gasteiger partial charge in [0.1, 0.15) is 16.2 Å². The van der Waals surface area contributed by atoms with Gasteiger partial charge < -0.3 is 10.1 Å². The van der Waals surface area contributed by atoms with Gasteiger partial charge in [-0.25, -0.2) is 9.97 Å². The average molecular weight is 286 g/mol. The molecule has 1 fully saturated rings. The lowest BCUT2D eigenvalue weighted by Crippen LogP contribution is -2.30. The Kier molecular flexibility index (Phi) is 4.12. The van der Waals surface area contributed by atoms with Crippen molar-refractivity contribution >= 4 is 21.7 Å². The van der Waals surface area contributed by atoms with Gasteiger partial charge in [-0.15, -0.1) is 0 Å². The maximum Gasteiger partial charge on any atom is 0.131 e. The molecule has 16 heavy (non-hydrogen) atoms. The third kappa shape index (κ3) is 3.15. The number of hydrogen-bond acceptors (Lipinski definition) is 4. The van der Waals surface area contributed by atoms with Gasteiger partial charge in [-0.05, 0) is 28.8 Å². The predicted octanol–water partition coefficient (Wildman–Crippen LogP) is 2.39. The summed E-state index contributed by atoms with van der Waals surface area (Å²) in [4.78, 5) is 8.72. The summed E-state index contributed by atoms with van der Waals surface area (Å²) < 4.78 is 6.26. The monoisotopic (exact) mass is 285 g/mol. The molecule has 1 unspecified atom stereocenters. The quantitative estimate of drug-likeness (QED) is 0.867. The first-order valence-corrected chi connectivity index (χ1v) is 6.45. The van der Waals surface area contributed by atoms with Crippen LogP contribution < -0.4 is 5.32 Å². The molecule has 4 nitrogen and oxygen atoms in total. The Balaban J connectivity index is 2.04. The van der Waals surface area contributed by atoms with Crippen molar-refractivity contribution in [2.24, 2.45) is 0 Å². The van der Waals surface area contributed by atoms with E-state index in [1.807, 2.05) is 6.07 Å². The van der Waals surface area contributed by atoms with Gasteiger partial charge in [0.25, 0.3) is 0 Å². The van der Waals surface area contributed by atoms with E-state index in [1.165, 1.54) is 0 Å². The van der Waals surface area contributed by atoms with Crippen LogP contribution in [0.3, 0.4) is 0 Å². The summed E-state index contributed by atoms with van der Waals surface area (Å²) in [6, 6.07) is 2.29. The van der Waals surface area contributed by atoms with Gasteiger partial charge in [0.15, 0.2) is 0 Å². The van der Waals surface area contributed by atoms with Crippen molar-refractivity contribution in [3.05, 3.63) is 16.5 Å². The highest BCUT2D eigenvalue weighted by molar-refractivity contribution is 9.10. The van der Waals surface area contributed by atoms with E-state index in [-0.39, 0.29) is 0 Å². The van der Waals surface area contributed by atoms with Crippen molar-refractivity contribution in [3.8, 4) is 0 Å². The fourth-order valence-corrected chi connectivity index (χ4v) is 2.18. The van der Waals surface area contributed by atoms with Gasteiger partial charge in [0.05, 0.1) is 12.6 Å². The van der Waals surface area contributed by atoms with Crippen molar-refractivity contribution in [3.63, 3.8) is 0 Å². The van der Waals surface area contributed by atoms with Crippen molar-refractivity contribution in [1.82, 2.24) is 9.97 Å². The molecule has 1 aliphatic heterocycles. The number of anilines is 1. The van der Waals surface area contributed by atoms with Crippen LogP contribution in [0.25, 0.3) is 0 Å². The average Bonchev–Trinajstić information content (AvgIpc) is 2.29. The normalized spacial score (nSPS) is 20.8. The zero-order valence-electron chi connectivity index (χ0n) is 9.37. The topological polar surface area (TPSA) is 47.0 Å². The Morgan fingerprint density at radius 1 is 1.56 bits per heavy atom. The van der Waals surface area contributed by atoms with Crippen LogP contribution in [0.1, 0.15) is 25.6 Å². The van der Waals surface area contributed by atoms with Gasteiger partial charge >= 0.3 is 0 Å². The second-order valence-corrected chi connectivity index (χ2v) is 4.72. The molecule has 1 N–H and O–H groups in total. The lowest BCUT2D eigenvalue weighted by atomic mass is 10.1. The molecule has 0 saturated carbocycles. The highest BCUT2D eigenvalue weighted by Gasteiger charge is 2.14. The third-order valence-corrected chi connectivity index (χ3v) is 2.98. The predicted molar refractivity (Wildman–Crippen MR) is 66.6 cm³/mol. The van der Waals surface area contributed by atoms with Crippen LogP contribution in [0, 0.1) is 0 Å². The van der Waals surface area contributed by atoms with E-state index >= 15 is 0 Å². The minimum Gasteiger partial charge on any atom is -0.379 e. The maximum absolute atomic E-state index is 5.42. The van der Waals surface area contributed by atoms with E-state index in [0.717, 1.165) is 48.7 Å². The first kappa shape index (κ1) is 11.8. The summed E-state index contributed by atoms with van der Waals surface area (Å²) >= 11 is 3.40. The number of nitrogens with one attached hydrogen (secondary N) is 1. The Hall–Kier alpha value is -0.680. The van der Waals surface area contributed by atoms with Gasteiger partial charge in [0.2, 0.25) is 0 Å². The molecule has 0 aromatic carbocycles. The van der Waals surface area contributed by atoms with Crippen LogP contribution in [0.4, 0.5) is 5.82 Å². The van der Waals surface area contributed by atoms with Crippen molar-refractivity contribution in [2.75, 3.05) is 18.5 Å². The van der Waals surface area contributed by atoms with E-state index in [1.54, 1.807) is 0 Å². The van der Waals surface area contributed by atoms with Crippen LogP contribution >= 0.6 is 15.9 Å². The summed E-state index contributed by atoms with van der Waals surface area (Å²) in [5, 5.41) is 3.39. The zero-order chi connectivity index (χ0) is 11.4. The molecule has 1 aromatic heterocycles. The number of aryl methyl sites for hydroxylation is 1. The minimum atomic E-state index is 0.375. The number of aromatic nitrogens is 2. The fraction of sp³-hybridized carbons (Fsp3) is 0.636. The largest absolute Gasteiger partial charge is 0.379 e. The van der Waals surface area contributed by atoms with Crippen molar-refractivity contribution < 1.29 is 4.74 Å². The van der Waals surface area contributed by atoms with Crippen molar-refractivity contribution in [2.45, 2.75) is 32.2 Å². The lowest BCUT2D eigenvalue weighted by molar-refractivity contribution is 0.0875. The van der Waals surface area contributed by atoms with Gasteiger partial charge in [-0.3, -0.25) is 0 Å². The molecule has 0 aliphatic carbocycles. The summed E-state index contributed by atoms with van der Waals surface area (Å²) in [7, 11) is 0. The van der Waals surface area contributed by atoms with Crippen LogP contribution in [0.15, 0.2) is 10.7 Å². The molecular formula is C11H16BrN3O. The second kappa shape index (κ2) is 5.59. The molecule has 0 radical (unpaired) electrons. The third-order valence-electron chi connectivity index (χ3n) is 2.57. The Labute approximate surface area is 104 Å². The molecule has 2 rings (SSSR count). The van der Waals surface area contributed by atoms with Gasteiger partial charge in [-0.1, -0.05) is 6.92 Å². The molecule has 0 amide bonds. The molecule has 0 spiro atoms. The molecule has 1 atom stereocenters. The molecule has 88 valence electrons. The van der Waals surface area contributed by atoms with Crippen LogP contribution in [-0.4, -0.2) is 29.2 Å². The summed E-state index contributed by atoms with van der Waals surface area (Å²) in [5.41, 5.74) is 0. The SMILES string of the molecule is CCc1nc(Br)cc(NC2CCCOC2)n1. The number of rotatable bonds is 3. The Morgan fingerprint density at radius 2 is 2.44 bits per heavy atom. The molecule has 1 saturated heterocycles. The number of hydrogen-bond donors (Lipinski definition) is 1. The van der Waals surface area contributed by atoms with Crippen LogP contribution in [0.2, 0.25) is 0 Å². The first-order valence-electron chi connectivity index (χ1n) is 5.65. The smallest absolute Gasteiger partial charge is 0.131 e. The molecule has 0 bridgehead atoms. The van der Waals surface area contributed by atoms with Crippen molar-refractivity contribution in [1.29, 1.82) is 0 Å². The number of ether oxygens (including phenoxy) is 1. The highest BCUT2D eigenvalue weighted by atomic mass is 79.9. The van der Waals surface area contributed by atoms with E-state index in [4.69, 9.17) is 4.74 Å². The molecular weight excluding hydrogens is 270 g/mol. The van der Waals surface area contributed by atoms with E-state index < -0.39 is 0 Å². The van der Waals surface area contributed by atoms with E-state index in [0.29, 0.717) is 6.04 Å². The lowest BCUT2D eigenvalue weighted by Gasteiger charge is -2.23. The number of halogens is 1. The highest BCUT2D eigenvalue weighted by Crippen LogP contribution is 2.16. The molecule has 1 aromatic rings. The minimum absolute atomic E-state index is 0.375. The van der Waals surface area contributed by atoms with Gasteiger partial charge in [-0.2, -0.15) is 0 Å². The fourth-order valence-electron chi connectivity index (χ4n) is 1.76. The molecule has 5 heteroatoms. The number of nitrogens with zero attached hydrogens (tertiary/aromatic N) is 2. The molecule has 1 aliphatic rings. The Bertz CT molecular complexity index is 353. The van der Waals surface area contributed by atoms with Crippen LogP contribution in [-0.2, 0) is 11.2 Å². The van der Waals surface area contributed by atoms with Crippen LogP contribution in [0.5, 0.6) is 0 Å². The zero-order valence-corrected chi connectivity index (χ0v) is 11.0. The standard InChI is InChI=1S/C11H16BrN3O/c1-2-10-14-9(12)6-11(15-10)13-8-4-3-5-16-7-8/h6,8H,2-5,7H2,1H3,(H,13,14,15). The summed E-state index contributed by atoms with van der Waals surface area (Å²) in [6.07, 6.45) is 3.10. The Morgan fingerprint density at radius 3 is 3.12 bits per heavy atom.